The van der Waals surface area contributed by atoms with E-state index in [1.165, 1.54) is 74.0 Å². The summed E-state index contributed by atoms with van der Waals surface area (Å²) < 4.78 is 0. The van der Waals surface area contributed by atoms with Crippen LogP contribution in [0.4, 0.5) is 11.4 Å². The van der Waals surface area contributed by atoms with E-state index in [1.807, 2.05) is 0 Å². The van der Waals surface area contributed by atoms with E-state index in [0.717, 1.165) is 5.69 Å². The predicted octanol–water partition coefficient (Wildman–Crippen LogP) is 6.55. The molecular weight excluding hydrogens is 328 g/mol. The van der Waals surface area contributed by atoms with Gasteiger partial charge in [-0.25, -0.2) is 0 Å². The summed E-state index contributed by atoms with van der Waals surface area (Å²) in [5.41, 5.74) is 6.83. The number of rotatable bonds is 6. The number of unbranched alkanes of at least 4 members (excludes halogenated alkanes) is 1. The smallest absolute Gasteiger partial charge is 0.0633 e. The van der Waals surface area contributed by atoms with Crippen LogP contribution in [0.1, 0.15) is 63.5 Å². The Kier molecular flexibility index (Phi) is 5.61. The predicted molar refractivity (Wildman–Crippen MR) is 116 cm³/mol. The van der Waals surface area contributed by atoms with Gasteiger partial charge in [0.2, 0.25) is 0 Å². The van der Waals surface area contributed by atoms with Gasteiger partial charge in [-0.1, -0.05) is 69.5 Å². The van der Waals surface area contributed by atoms with E-state index in [1.54, 1.807) is 0 Å². The molecular formula is C25H32N2. The van der Waals surface area contributed by atoms with Crippen LogP contribution < -0.4 is 4.90 Å². The highest BCUT2D eigenvalue weighted by atomic mass is 15.2. The molecule has 2 atom stereocenters. The van der Waals surface area contributed by atoms with Gasteiger partial charge in [0.25, 0.3) is 0 Å². The molecule has 0 aromatic heterocycles. The summed E-state index contributed by atoms with van der Waals surface area (Å²) in [5.74, 6) is 0.530. The monoisotopic (exact) mass is 360 g/mol. The van der Waals surface area contributed by atoms with Crippen LogP contribution >= 0.6 is 0 Å². The molecule has 27 heavy (non-hydrogen) atoms. The lowest BCUT2D eigenvalue weighted by Crippen LogP contribution is -2.50. The standard InChI is InChI=1S/C25H32N2/c1-3-5-17-23-21(11-4-2)24(26-20-14-7-6-8-15-20)22-16-9-12-19-13-10-18-27(23)25(19)22/h6-9,12,14-16,21,23H,3-5,10-11,13,17-18H2,1-2H3/t21-,23-/m0/s1. The first-order valence-corrected chi connectivity index (χ1v) is 10.9. The number of anilines is 1. The van der Waals surface area contributed by atoms with E-state index in [-0.39, 0.29) is 0 Å². The molecule has 2 aliphatic heterocycles. The van der Waals surface area contributed by atoms with Crippen molar-refractivity contribution >= 4 is 17.1 Å². The first-order chi connectivity index (χ1) is 13.3. The summed E-state index contributed by atoms with van der Waals surface area (Å²) in [7, 11) is 0. The van der Waals surface area contributed by atoms with Crippen molar-refractivity contribution in [3.8, 4) is 0 Å². The van der Waals surface area contributed by atoms with E-state index in [4.69, 9.17) is 4.99 Å². The number of nitrogens with zero attached hydrogens (tertiary/aromatic N) is 2. The minimum atomic E-state index is 0.530. The van der Waals surface area contributed by atoms with Gasteiger partial charge in [0.1, 0.15) is 0 Å². The Labute approximate surface area is 164 Å². The molecule has 0 bridgehead atoms. The molecule has 0 spiro atoms. The zero-order valence-corrected chi connectivity index (χ0v) is 16.8. The molecule has 0 amide bonds. The second-order valence-electron chi connectivity index (χ2n) is 8.05. The van der Waals surface area contributed by atoms with Gasteiger partial charge >= 0.3 is 0 Å². The van der Waals surface area contributed by atoms with Crippen molar-refractivity contribution in [2.75, 3.05) is 11.4 Å². The van der Waals surface area contributed by atoms with Crippen molar-refractivity contribution < 1.29 is 0 Å². The number of benzene rings is 2. The van der Waals surface area contributed by atoms with Crippen LogP contribution in [0.3, 0.4) is 0 Å². The highest BCUT2D eigenvalue weighted by molar-refractivity contribution is 6.10. The molecule has 142 valence electrons. The summed E-state index contributed by atoms with van der Waals surface area (Å²) in [4.78, 5) is 8.00. The normalized spacial score (nSPS) is 22.7. The van der Waals surface area contributed by atoms with E-state index < -0.39 is 0 Å². The molecule has 0 N–H and O–H groups in total. The molecule has 0 saturated heterocycles. The Balaban J connectivity index is 1.87. The van der Waals surface area contributed by atoms with Crippen LogP contribution in [0.2, 0.25) is 0 Å². The summed E-state index contributed by atoms with van der Waals surface area (Å²) in [6.07, 6.45) is 8.77. The van der Waals surface area contributed by atoms with Gasteiger partial charge in [0, 0.05) is 29.8 Å². The van der Waals surface area contributed by atoms with E-state index >= 15 is 0 Å². The lowest BCUT2D eigenvalue weighted by atomic mass is 9.76. The fourth-order valence-corrected chi connectivity index (χ4v) is 5.02. The number of para-hydroxylation sites is 2. The Bertz CT molecular complexity index is 793. The molecule has 2 heterocycles. The Morgan fingerprint density at radius 1 is 0.963 bits per heavy atom. The molecule has 0 saturated carbocycles. The van der Waals surface area contributed by atoms with Crippen LogP contribution in [0.25, 0.3) is 0 Å². The highest BCUT2D eigenvalue weighted by Crippen LogP contribution is 2.43. The van der Waals surface area contributed by atoms with E-state index in [2.05, 4.69) is 67.3 Å². The van der Waals surface area contributed by atoms with Gasteiger partial charge in [-0.05, 0) is 43.4 Å². The second-order valence-corrected chi connectivity index (χ2v) is 8.05. The minimum Gasteiger partial charge on any atom is -0.367 e. The van der Waals surface area contributed by atoms with Crippen LogP contribution in [0.15, 0.2) is 53.5 Å². The first kappa shape index (κ1) is 18.3. The quantitative estimate of drug-likeness (QED) is 0.570. The first-order valence-electron chi connectivity index (χ1n) is 10.9. The summed E-state index contributed by atoms with van der Waals surface area (Å²) in [6, 6.07) is 18.0. The fraction of sp³-hybridized carbons (Fsp3) is 0.480. The zero-order chi connectivity index (χ0) is 18.6. The fourth-order valence-electron chi connectivity index (χ4n) is 5.02. The number of aryl methyl sites for hydroxylation is 1. The van der Waals surface area contributed by atoms with Gasteiger partial charge in [0.15, 0.2) is 0 Å². The van der Waals surface area contributed by atoms with Crippen molar-refractivity contribution in [1.82, 2.24) is 0 Å². The minimum absolute atomic E-state index is 0.530. The third-order valence-electron chi connectivity index (χ3n) is 6.20. The SMILES string of the molecule is CCCC[C@H]1[C@H](CCC)C(=Nc2ccccc2)c2cccc3c2N1CCC3. The topological polar surface area (TPSA) is 15.6 Å². The summed E-state index contributed by atoms with van der Waals surface area (Å²) >= 11 is 0. The number of hydrogen-bond donors (Lipinski definition) is 0. The maximum atomic E-state index is 5.24. The lowest BCUT2D eigenvalue weighted by Gasteiger charge is -2.47. The molecule has 2 aromatic carbocycles. The maximum Gasteiger partial charge on any atom is 0.0633 e. The van der Waals surface area contributed by atoms with Gasteiger partial charge in [-0.15, -0.1) is 0 Å². The molecule has 2 aromatic rings. The molecule has 0 unspecified atom stereocenters. The Morgan fingerprint density at radius 3 is 2.59 bits per heavy atom. The van der Waals surface area contributed by atoms with Crippen molar-refractivity contribution in [1.29, 1.82) is 0 Å². The third kappa shape index (κ3) is 3.54. The van der Waals surface area contributed by atoms with E-state index in [0.29, 0.717) is 12.0 Å². The van der Waals surface area contributed by atoms with Crippen LogP contribution in [0, 0.1) is 5.92 Å². The van der Waals surface area contributed by atoms with Crippen molar-refractivity contribution in [2.45, 2.75) is 64.8 Å². The van der Waals surface area contributed by atoms with Crippen LogP contribution in [0.5, 0.6) is 0 Å². The molecule has 2 heteroatoms. The van der Waals surface area contributed by atoms with Crippen LogP contribution in [-0.2, 0) is 6.42 Å². The molecule has 0 aliphatic carbocycles. The Morgan fingerprint density at radius 2 is 1.81 bits per heavy atom. The van der Waals surface area contributed by atoms with Crippen molar-refractivity contribution in [3.05, 3.63) is 59.7 Å². The lowest BCUT2D eigenvalue weighted by molar-refractivity contribution is 0.405. The maximum absolute atomic E-state index is 5.24. The number of hydrogen-bond acceptors (Lipinski definition) is 2. The second kappa shape index (κ2) is 8.29. The average Bonchev–Trinajstić information content (AvgIpc) is 2.71. The number of aliphatic imine (C=N–C) groups is 1. The third-order valence-corrected chi connectivity index (χ3v) is 6.20. The van der Waals surface area contributed by atoms with Crippen LogP contribution in [-0.4, -0.2) is 18.3 Å². The van der Waals surface area contributed by atoms with Crippen molar-refractivity contribution in [3.63, 3.8) is 0 Å². The zero-order valence-electron chi connectivity index (χ0n) is 16.8. The summed E-state index contributed by atoms with van der Waals surface area (Å²) in [6.45, 7) is 5.84. The van der Waals surface area contributed by atoms with Gasteiger partial charge in [-0.3, -0.25) is 4.99 Å². The van der Waals surface area contributed by atoms with Gasteiger partial charge < -0.3 is 4.90 Å². The molecule has 4 rings (SSSR count). The van der Waals surface area contributed by atoms with Gasteiger partial charge in [-0.2, -0.15) is 0 Å². The molecule has 0 radical (unpaired) electrons. The van der Waals surface area contributed by atoms with Crippen molar-refractivity contribution in [2.24, 2.45) is 10.9 Å². The summed E-state index contributed by atoms with van der Waals surface area (Å²) in [5, 5.41) is 0. The van der Waals surface area contributed by atoms with E-state index in [9.17, 15) is 0 Å². The molecule has 2 nitrogen and oxygen atoms in total. The largest absolute Gasteiger partial charge is 0.367 e. The van der Waals surface area contributed by atoms with Gasteiger partial charge in [0.05, 0.1) is 11.4 Å². The molecule has 0 fully saturated rings. The average molecular weight is 361 g/mol. The molecule has 2 aliphatic rings. The Hall–Kier alpha value is -2.09. The highest BCUT2D eigenvalue weighted by Gasteiger charge is 2.39.